The normalized spacial score (nSPS) is 24.4. The molecular weight excluding hydrogens is 356 g/mol. The van der Waals surface area contributed by atoms with E-state index in [1.807, 2.05) is 32.0 Å². The van der Waals surface area contributed by atoms with Gasteiger partial charge in [-0.3, -0.25) is 4.79 Å². The molecule has 1 aliphatic heterocycles. The third-order valence-corrected chi connectivity index (χ3v) is 6.45. The van der Waals surface area contributed by atoms with Gasteiger partial charge in [-0.2, -0.15) is 0 Å². The largest absolute Gasteiger partial charge is 0.341 e. The number of nitrogens with two attached hydrogens (primary N) is 1. The quantitative estimate of drug-likeness (QED) is 0.859. The molecule has 3 unspecified atom stereocenters. The lowest BCUT2D eigenvalue weighted by atomic mass is 9.82. The number of nitrogens with zero attached hydrogens (tertiary/aromatic N) is 1. The number of fused-ring (bicyclic) bond motifs is 1. The van der Waals surface area contributed by atoms with Gasteiger partial charge >= 0.3 is 0 Å². The summed E-state index contributed by atoms with van der Waals surface area (Å²) in [5.74, 6) is 1.33. The lowest BCUT2D eigenvalue weighted by Crippen LogP contribution is -2.43. The molecule has 2 aromatic carbocycles. The highest BCUT2D eigenvalue weighted by molar-refractivity contribution is 5.88. The average molecular weight is 385 g/mol. The van der Waals surface area contributed by atoms with E-state index in [4.69, 9.17) is 5.73 Å². The van der Waals surface area contributed by atoms with Crippen molar-refractivity contribution in [3.63, 3.8) is 0 Å². The first kappa shape index (κ1) is 19.9. The summed E-state index contributed by atoms with van der Waals surface area (Å²) in [6.07, 6.45) is 2.28. The first-order valence-corrected chi connectivity index (χ1v) is 9.68. The first-order chi connectivity index (χ1) is 12.5. The zero-order valence-corrected chi connectivity index (χ0v) is 16.9. The fourth-order valence-corrected chi connectivity index (χ4v) is 4.70. The Morgan fingerprint density at radius 3 is 2.22 bits per heavy atom. The number of hydrogen-bond acceptors (Lipinski definition) is 2. The molecule has 2 aromatic rings. The Hall–Kier alpha value is -1.84. The highest BCUT2D eigenvalue weighted by Crippen LogP contribution is 2.39. The zero-order valence-electron chi connectivity index (χ0n) is 16.1. The van der Waals surface area contributed by atoms with Gasteiger partial charge in [0.25, 0.3) is 0 Å². The standard InChI is InChI=1S/C23H28N2O.ClH/c1-23(2,22(26)25-14-18-10-13-21(24)20(18)15-25)19-11-8-17(9-12-19)16-6-4-3-5-7-16;/h3-9,11-12,18,20-21H,10,13-15,24H2,1-2H3;1H. The molecular formula is C23H29ClN2O. The minimum Gasteiger partial charge on any atom is -0.341 e. The van der Waals surface area contributed by atoms with Gasteiger partial charge in [0.15, 0.2) is 0 Å². The Morgan fingerprint density at radius 1 is 0.963 bits per heavy atom. The van der Waals surface area contributed by atoms with Crippen LogP contribution in [0.1, 0.15) is 32.3 Å². The van der Waals surface area contributed by atoms with E-state index in [0.717, 1.165) is 25.1 Å². The van der Waals surface area contributed by atoms with Crippen LogP contribution >= 0.6 is 12.4 Å². The Bertz CT molecular complexity index is 788. The SMILES string of the molecule is CC(C)(C(=O)N1CC2CCC(N)C2C1)c1ccc(-c2ccccc2)cc1.Cl. The maximum absolute atomic E-state index is 13.2. The lowest BCUT2D eigenvalue weighted by Gasteiger charge is -2.30. The summed E-state index contributed by atoms with van der Waals surface area (Å²) in [4.78, 5) is 15.3. The van der Waals surface area contributed by atoms with Crippen molar-refractivity contribution in [2.75, 3.05) is 13.1 Å². The van der Waals surface area contributed by atoms with Crippen LogP contribution in [0.3, 0.4) is 0 Å². The molecule has 0 aromatic heterocycles. The third kappa shape index (κ3) is 3.63. The number of carbonyl (C=O) groups excluding carboxylic acids is 1. The number of hydrogen-bond donors (Lipinski definition) is 1. The molecule has 2 fully saturated rings. The van der Waals surface area contributed by atoms with E-state index < -0.39 is 5.41 Å². The molecule has 3 nitrogen and oxygen atoms in total. The number of benzene rings is 2. The van der Waals surface area contributed by atoms with Gasteiger partial charge in [0, 0.05) is 19.1 Å². The summed E-state index contributed by atoms with van der Waals surface area (Å²) in [5.41, 5.74) is 9.17. The van der Waals surface area contributed by atoms with Crippen molar-refractivity contribution in [3.8, 4) is 11.1 Å². The van der Waals surface area contributed by atoms with Crippen LogP contribution in [-0.4, -0.2) is 29.9 Å². The van der Waals surface area contributed by atoms with Crippen LogP contribution in [0.4, 0.5) is 0 Å². The van der Waals surface area contributed by atoms with Crippen LogP contribution in [0.15, 0.2) is 54.6 Å². The Morgan fingerprint density at radius 2 is 1.59 bits per heavy atom. The van der Waals surface area contributed by atoms with Crippen molar-refractivity contribution in [3.05, 3.63) is 60.2 Å². The molecule has 2 aliphatic rings. The maximum Gasteiger partial charge on any atom is 0.232 e. The van der Waals surface area contributed by atoms with E-state index in [0.29, 0.717) is 11.8 Å². The van der Waals surface area contributed by atoms with Crippen molar-refractivity contribution in [2.45, 2.75) is 38.1 Å². The van der Waals surface area contributed by atoms with Crippen LogP contribution in [0, 0.1) is 11.8 Å². The van der Waals surface area contributed by atoms with Gasteiger partial charge in [0.1, 0.15) is 0 Å². The number of amides is 1. The van der Waals surface area contributed by atoms with Crippen LogP contribution in [0.5, 0.6) is 0 Å². The first-order valence-electron chi connectivity index (χ1n) is 9.68. The number of carbonyl (C=O) groups is 1. The monoisotopic (exact) mass is 384 g/mol. The molecule has 0 spiro atoms. The minimum atomic E-state index is -0.516. The number of halogens is 1. The molecule has 144 valence electrons. The predicted molar refractivity (Wildman–Crippen MR) is 113 cm³/mol. The van der Waals surface area contributed by atoms with Crippen molar-refractivity contribution >= 4 is 18.3 Å². The molecule has 4 heteroatoms. The number of rotatable bonds is 3. The Kier molecular flexibility index (Phi) is 5.64. The fourth-order valence-electron chi connectivity index (χ4n) is 4.70. The summed E-state index contributed by atoms with van der Waals surface area (Å²) < 4.78 is 0. The van der Waals surface area contributed by atoms with Crippen molar-refractivity contribution in [2.24, 2.45) is 17.6 Å². The van der Waals surface area contributed by atoms with Crippen LogP contribution in [-0.2, 0) is 10.2 Å². The van der Waals surface area contributed by atoms with E-state index in [9.17, 15) is 4.79 Å². The van der Waals surface area contributed by atoms with Gasteiger partial charge < -0.3 is 10.6 Å². The van der Waals surface area contributed by atoms with E-state index >= 15 is 0 Å². The molecule has 1 aliphatic carbocycles. The molecule has 0 bridgehead atoms. The van der Waals surface area contributed by atoms with Gasteiger partial charge in [-0.15, -0.1) is 12.4 Å². The summed E-state index contributed by atoms with van der Waals surface area (Å²) in [7, 11) is 0. The highest BCUT2D eigenvalue weighted by atomic mass is 35.5. The van der Waals surface area contributed by atoms with Gasteiger partial charge in [0.2, 0.25) is 5.91 Å². The molecule has 0 radical (unpaired) electrons. The van der Waals surface area contributed by atoms with Crippen LogP contribution in [0.25, 0.3) is 11.1 Å². The molecule has 1 heterocycles. The molecule has 3 atom stereocenters. The maximum atomic E-state index is 13.2. The highest BCUT2D eigenvalue weighted by Gasteiger charge is 2.45. The van der Waals surface area contributed by atoms with E-state index in [2.05, 4.69) is 41.3 Å². The van der Waals surface area contributed by atoms with E-state index in [1.54, 1.807) is 0 Å². The third-order valence-electron chi connectivity index (χ3n) is 6.45. The predicted octanol–water partition coefficient (Wildman–Crippen LogP) is 4.25. The zero-order chi connectivity index (χ0) is 18.3. The van der Waals surface area contributed by atoms with Gasteiger partial charge in [-0.05, 0) is 55.2 Å². The van der Waals surface area contributed by atoms with Crippen molar-refractivity contribution < 1.29 is 4.79 Å². The second kappa shape index (κ2) is 7.65. The average Bonchev–Trinajstić information content (AvgIpc) is 3.24. The van der Waals surface area contributed by atoms with Crippen molar-refractivity contribution in [1.29, 1.82) is 0 Å². The van der Waals surface area contributed by atoms with Gasteiger partial charge in [-0.25, -0.2) is 0 Å². The topological polar surface area (TPSA) is 46.3 Å². The summed E-state index contributed by atoms with van der Waals surface area (Å²) in [5, 5.41) is 0. The summed E-state index contributed by atoms with van der Waals surface area (Å²) >= 11 is 0. The molecule has 1 amide bonds. The fraction of sp³-hybridized carbons (Fsp3) is 0.435. The Balaban J connectivity index is 0.00000210. The van der Waals surface area contributed by atoms with Crippen LogP contribution < -0.4 is 5.73 Å². The molecule has 4 rings (SSSR count). The summed E-state index contributed by atoms with van der Waals surface area (Å²) in [6.45, 7) is 5.79. The van der Waals surface area contributed by atoms with E-state index in [-0.39, 0.29) is 24.4 Å². The van der Waals surface area contributed by atoms with Crippen molar-refractivity contribution in [1.82, 2.24) is 4.90 Å². The lowest BCUT2D eigenvalue weighted by molar-refractivity contribution is -0.135. The second-order valence-electron chi connectivity index (χ2n) is 8.44. The Labute approximate surface area is 168 Å². The summed E-state index contributed by atoms with van der Waals surface area (Å²) in [6, 6.07) is 19.0. The van der Waals surface area contributed by atoms with Crippen LogP contribution in [0.2, 0.25) is 0 Å². The number of likely N-dealkylation sites (tertiary alicyclic amines) is 1. The molecule has 2 N–H and O–H groups in total. The minimum absolute atomic E-state index is 0. The smallest absolute Gasteiger partial charge is 0.232 e. The van der Waals surface area contributed by atoms with E-state index in [1.165, 1.54) is 17.5 Å². The second-order valence-corrected chi connectivity index (χ2v) is 8.44. The van der Waals surface area contributed by atoms with Gasteiger partial charge in [-0.1, -0.05) is 54.6 Å². The van der Waals surface area contributed by atoms with Gasteiger partial charge in [0.05, 0.1) is 5.41 Å². The molecule has 1 saturated heterocycles. The molecule has 27 heavy (non-hydrogen) atoms. The molecule has 1 saturated carbocycles.